The van der Waals surface area contributed by atoms with E-state index in [2.05, 4.69) is 23.2 Å². The van der Waals surface area contributed by atoms with Crippen LogP contribution in [-0.4, -0.2) is 59.1 Å². The molecule has 0 radical (unpaired) electrons. The molecular formula is C18H28N5O2S+. The first kappa shape index (κ1) is 18.8. The Kier molecular flexibility index (Phi) is 6.26. The second kappa shape index (κ2) is 8.64. The zero-order valence-corrected chi connectivity index (χ0v) is 16.1. The van der Waals surface area contributed by atoms with Crippen LogP contribution in [0.2, 0.25) is 0 Å². The molecule has 0 atom stereocenters. The van der Waals surface area contributed by atoms with E-state index < -0.39 is 5.56 Å². The Morgan fingerprint density at radius 2 is 2.15 bits per heavy atom. The molecule has 1 aliphatic carbocycles. The van der Waals surface area contributed by atoms with Crippen LogP contribution in [0.5, 0.6) is 5.88 Å². The second-order valence-electron chi connectivity index (χ2n) is 7.16. The van der Waals surface area contributed by atoms with Crippen LogP contribution >= 0.6 is 12.2 Å². The van der Waals surface area contributed by atoms with Gasteiger partial charge >= 0.3 is 0 Å². The van der Waals surface area contributed by atoms with E-state index in [4.69, 9.17) is 12.2 Å². The molecule has 1 fully saturated rings. The number of aromatic amines is 1. The molecule has 0 spiro atoms. The molecule has 0 aromatic carbocycles. The number of allylic oxidation sites excluding steroid dienone is 2. The minimum Gasteiger partial charge on any atom is -0.494 e. The van der Waals surface area contributed by atoms with Gasteiger partial charge in [0.1, 0.15) is 5.56 Å². The lowest BCUT2D eigenvalue weighted by molar-refractivity contribution is -0.884. The molecule has 1 aromatic heterocycles. The van der Waals surface area contributed by atoms with E-state index in [-0.39, 0.29) is 16.2 Å². The van der Waals surface area contributed by atoms with Crippen molar-refractivity contribution < 1.29 is 10.0 Å². The van der Waals surface area contributed by atoms with Crippen molar-refractivity contribution in [1.29, 1.82) is 0 Å². The summed E-state index contributed by atoms with van der Waals surface area (Å²) in [5, 5.41) is 16.9. The van der Waals surface area contributed by atoms with E-state index in [1.807, 2.05) is 5.01 Å². The number of aromatic nitrogens is 2. The van der Waals surface area contributed by atoms with E-state index in [1.54, 1.807) is 4.57 Å². The van der Waals surface area contributed by atoms with Gasteiger partial charge in [0.2, 0.25) is 5.88 Å². The normalized spacial score (nSPS) is 19.1. The van der Waals surface area contributed by atoms with Gasteiger partial charge in [0.05, 0.1) is 39.4 Å². The first-order chi connectivity index (χ1) is 12.5. The first-order valence-electron chi connectivity index (χ1n) is 9.39. The number of aromatic hydroxyl groups is 1. The number of hydrazone groups is 1. The highest BCUT2D eigenvalue weighted by atomic mass is 32.1. The predicted molar refractivity (Wildman–Crippen MR) is 105 cm³/mol. The zero-order chi connectivity index (χ0) is 18.5. The minimum absolute atomic E-state index is 0.0985. The summed E-state index contributed by atoms with van der Waals surface area (Å²) in [6.07, 6.45) is 9.29. The van der Waals surface area contributed by atoms with Gasteiger partial charge in [-0.3, -0.25) is 19.4 Å². The number of piperazine rings is 1. The molecule has 2 heterocycles. The van der Waals surface area contributed by atoms with Crippen molar-refractivity contribution in [3.63, 3.8) is 0 Å². The molecule has 0 saturated carbocycles. The molecule has 0 bridgehead atoms. The highest BCUT2D eigenvalue weighted by molar-refractivity contribution is 7.71. The fraction of sp³-hybridized carbons (Fsp3) is 0.611. The first-order valence-corrected chi connectivity index (χ1v) is 9.79. The number of quaternary nitrogens is 1. The van der Waals surface area contributed by atoms with Crippen molar-refractivity contribution in [2.75, 3.05) is 33.2 Å². The third kappa shape index (κ3) is 4.62. The molecule has 8 heteroatoms. The highest BCUT2D eigenvalue weighted by Crippen LogP contribution is 2.22. The standard InChI is InChI=1S/C18H27N5O2S/c1-21-9-11-22(12-10-21)19-13-15-16(24)20-18(26)23(17(15)25)8-7-14-5-3-2-4-6-14/h5,13,25H,2-4,6-12H2,1H3,(H,20,24,26)/p+1/b19-13+. The van der Waals surface area contributed by atoms with Crippen LogP contribution in [0.25, 0.3) is 0 Å². The van der Waals surface area contributed by atoms with Crippen LogP contribution in [0.3, 0.4) is 0 Å². The van der Waals surface area contributed by atoms with Crippen molar-refractivity contribution in [3.05, 3.63) is 32.3 Å². The number of nitrogens with one attached hydrogen (secondary N) is 2. The lowest BCUT2D eigenvalue weighted by Crippen LogP contribution is -3.11. The number of H-pyrrole nitrogens is 1. The van der Waals surface area contributed by atoms with Gasteiger partial charge in [-0.1, -0.05) is 11.6 Å². The van der Waals surface area contributed by atoms with Crippen LogP contribution in [-0.2, 0) is 6.54 Å². The number of likely N-dealkylation sites (N-methyl/N-ethyl adjacent to an activating group) is 1. The summed E-state index contributed by atoms with van der Waals surface area (Å²) in [7, 11) is 2.16. The molecule has 3 rings (SSSR count). The topological polar surface area (TPSA) is 78.1 Å². The van der Waals surface area contributed by atoms with Crippen LogP contribution in [0, 0.1) is 4.77 Å². The molecule has 0 amide bonds. The van der Waals surface area contributed by atoms with Gasteiger partial charge in [-0.2, -0.15) is 5.10 Å². The average Bonchev–Trinajstić information content (AvgIpc) is 2.63. The van der Waals surface area contributed by atoms with Gasteiger partial charge in [-0.15, -0.1) is 0 Å². The van der Waals surface area contributed by atoms with Gasteiger partial charge in [-0.05, 0) is 44.3 Å². The van der Waals surface area contributed by atoms with E-state index in [9.17, 15) is 9.90 Å². The number of hydrogen-bond acceptors (Lipinski definition) is 5. The van der Waals surface area contributed by atoms with Gasteiger partial charge in [0.15, 0.2) is 4.77 Å². The molecule has 142 valence electrons. The van der Waals surface area contributed by atoms with Crippen molar-refractivity contribution in [3.8, 4) is 5.88 Å². The SMILES string of the molecule is C[NH+]1CCN(/N=C/c2c(O)n(CCC3=CCCCC3)c(=S)[nH]c2=O)CC1. The summed E-state index contributed by atoms with van der Waals surface area (Å²) in [5.74, 6) is -0.0985. The predicted octanol–water partition coefficient (Wildman–Crippen LogP) is 0.666. The lowest BCUT2D eigenvalue weighted by Gasteiger charge is -2.27. The molecule has 26 heavy (non-hydrogen) atoms. The molecule has 3 N–H and O–H groups in total. The van der Waals surface area contributed by atoms with Crippen molar-refractivity contribution in [2.45, 2.75) is 38.6 Å². The smallest absolute Gasteiger partial charge is 0.264 e. The molecule has 1 aromatic rings. The molecule has 7 nitrogen and oxygen atoms in total. The average molecular weight is 379 g/mol. The fourth-order valence-corrected chi connectivity index (χ4v) is 3.69. The summed E-state index contributed by atoms with van der Waals surface area (Å²) in [6, 6.07) is 0. The van der Waals surface area contributed by atoms with E-state index in [1.165, 1.54) is 29.5 Å². The number of hydrogen-bond donors (Lipinski definition) is 3. The van der Waals surface area contributed by atoms with Gasteiger partial charge in [0, 0.05) is 6.54 Å². The maximum absolute atomic E-state index is 12.2. The molecule has 1 aliphatic heterocycles. The summed E-state index contributed by atoms with van der Waals surface area (Å²) in [6.45, 7) is 4.27. The van der Waals surface area contributed by atoms with Crippen LogP contribution in [0.4, 0.5) is 0 Å². The third-order valence-corrected chi connectivity index (χ3v) is 5.51. The maximum Gasteiger partial charge on any atom is 0.264 e. The summed E-state index contributed by atoms with van der Waals surface area (Å²) in [4.78, 5) is 16.4. The second-order valence-corrected chi connectivity index (χ2v) is 7.55. The number of rotatable bonds is 5. The summed E-state index contributed by atoms with van der Waals surface area (Å²) < 4.78 is 1.85. The Balaban J connectivity index is 1.76. The van der Waals surface area contributed by atoms with Crippen LogP contribution in [0.1, 0.15) is 37.7 Å². The summed E-state index contributed by atoms with van der Waals surface area (Å²) in [5.41, 5.74) is 1.17. The van der Waals surface area contributed by atoms with Gasteiger partial charge < -0.3 is 10.0 Å². The highest BCUT2D eigenvalue weighted by Gasteiger charge is 2.16. The van der Waals surface area contributed by atoms with Crippen molar-refractivity contribution in [1.82, 2.24) is 14.6 Å². The molecular weight excluding hydrogens is 350 g/mol. The van der Waals surface area contributed by atoms with Crippen molar-refractivity contribution in [2.24, 2.45) is 5.10 Å². The Hall–Kier alpha value is -1.93. The van der Waals surface area contributed by atoms with Crippen LogP contribution < -0.4 is 10.5 Å². The Bertz CT molecular complexity index is 803. The van der Waals surface area contributed by atoms with E-state index in [0.717, 1.165) is 45.4 Å². The van der Waals surface area contributed by atoms with Crippen LogP contribution in [0.15, 0.2) is 21.5 Å². The molecule has 1 saturated heterocycles. The van der Waals surface area contributed by atoms with E-state index >= 15 is 0 Å². The summed E-state index contributed by atoms with van der Waals surface area (Å²) >= 11 is 5.25. The van der Waals surface area contributed by atoms with Crippen molar-refractivity contribution >= 4 is 18.4 Å². The Morgan fingerprint density at radius 3 is 2.85 bits per heavy atom. The monoisotopic (exact) mass is 378 g/mol. The zero-order valence-electron chi connectivity index (χ0n) is 15.3. The third-order valence-electron chi connectivity index (χ3n) is 5.19. The fourth-order valence-electron chi connectivity index (χ4n) is 3.42. The molecule has 0 unspecified atom stereocenters. The van der Waals surface area contributed by atoms with Gasteiger partial charge in [0.25, 0.3) is 5.56 Å². The minimum atomic E-state index is -0.399. The van der Waals surface area contributed by atoms with Gasteiger partial charge in [-0.25, -0.2) is 0 Å². The largest absolute Gasteiger partial charge is 0.494 e. The quantitative estimate of drug-likeness (QED) is 0.400. The Labute approximate surface area is 158 Å². The Morgan fingerprint density at radius 1 is 1.38 bits per heavy atom. The maximum atomic E-state index is 12.2. The molecule has 2 aliphatic rings. The number of nitrogens with zero attached hydrogens (tertiary/aromatic N) is 3. The van der Waals surface area contributed by atoms with E-state index in [0.29, 0.717) is 6.54 Å². The lowest BCUT2D eigenvalue weighted by atomic mass is 9.97.